The van der Waals surface area contributed by atoms with Gasteiger partial charge in [-0.3, -0.25) is 19.3 Å². The second-order valence-corrected chi connectivity index (χ2v) is 11.4. The van der Waals surface area contributed by atoms with Gasteiger partial charge in [0.25, 0.3) is 15.9 Å². The molecule has 3 aromatic rings. The summed E-state index contributed by atoms with van der Waals surface area (Å²) in [5, 5.41) is 2.82. The third-order valence-electron chi connectivity index (χ3n) is 7.02. The second kappa shape index (κ2) is 11.7. The van der Waals surface area contributed by atoms with Crippen molar-refractivity contribution in [1.82, 2.24) is 9.62 Å². The lowest BCUT2D eigenvalue weighted by molar-refractivity contribution is -0.127. The highest BCUT2D eigenvalue weighted by atomic mass is 32.2. The number of fused-ring (bicyclic) bond motifs is 1. The van der Waals surface area contributed by atoms with Crippen LogP contribution in [0.2, 0.25) is 0 Å². The van der Waals surface area contributed by atoms with Gasteiger partial charge in [-0.25, -0.2) is 17.1 Å². The molecule has 12 heteroatoms. The van der Waals surface area contributed by atoms with Gasteiger partial charge in [0, 0.05) is 13.2 Å². The number of anilines is 1. The Morgan fingerprint density at radius 3 is 2.49 bits per heavy atom. The molecular weight excluding hydrogens is 553 g/mol. The summed E-state index contributed by atoms with van der Waals surface area (Å²) in [6, 6.07) is 15.8. The summed E-state index contributed by atoms with van der Waals surface area (Å²) >= 11 is 0. The van der Waals surface area contributed by atoms with Crippen LogP contribution in [0.25, 0.3) is 0 Å². The van der Waals surface area contributed by atoms with E-state index in [1.54, 1.807) is 18.2 Å². The Balaban J connectivity index is 1.57. The Bertz CT molecular complexity index is 1570. The van der Waals surface area contributed by atoms with Crippen molar-refractivity contribution < 1.29 is 36.7 Å². The average molecular weight is 582 g/mol. The molecule has 0 unspecified atom stereocenters. The molecule has 41 heavy (non-hydrogen) atoms. The quantitative estimate of drug-likeness (QED) is 0.412. The van der Waals surface area contributed by atoms with Gasteiger partial charge in [-0.2, -0.15) is 0 Å². The lowest BCUT2D eigenvalue weighted by atomic mass is 10.0. The molecule has 0 aromatic heterocycles. The number of nitrogens with zero attached hydrogens (tertiary/aromatic N) is 2. The number of methoxy groups -OCH3 is 1. The van der Waals surface area contributed by atoms with E-state index >= 15 is 0 Å². The number of hydrogen-bond acceptors (Lipinski definition) is 7. The summed E-state index contributed by atoms with van der Waals surface area (Å²) in [4.78, 5) is 41.9. The van der Waals surface area contributed by atoms with Crippen LogP contribution in [0, 0.1) is 5.82 Å². The van der Waals surface area contributed by atoms with Crippen molar-refractivity contribution in [1.29, 1.82) is 0 Å². The van der Waals surface area contributed by atoms with Gasteiger partial charge in [0.15, 0.2) is 0 Å². The van der Waals surface area contributed by atoms with Gasteiger partial charge in [0.2, 0.25) is 11.8 Å². The van der Waals surface area contributed by atoms with Crippen LogP contribution in [-0.4, -0.2) is 63.4 Å². The van der Waals surface area contributed by atoms with Gasteiger partial charge in [-0.05, 0) is 54.8 Å². The molecule has 0 bridgehead atoms. The van der Waals surface area contributed by atoms with E-state index < -0.39 is 46.1 Å². The second-order valence-electron chi connectivity index (χ2n) is 9.58. The maximum atomic E-state index is 14.1. The number of ether oxygens (including phenoxy) is 2. The van der Waals surface area contributed by atoms with E-state index in [2.05, 4.69) is 5.32 Å². The Hall–Kier alpha value is -4.29. The molecule has 2 aliphatic rings. The third kappa shape index (κ3) is 5.52. The first-order valence-electron chi connectivity index (χ1n) is 13.0. The molecule has 2 atom stereocenters. The predicted molar refractivity (Wildman–Crippen MR) is 146 cm³/mol. The number of hydrogen-bond donors (Lipinski definition) is 1. The van der Waals surface area contributed by atoms with Crippen molar-refractivity contribution in [3.63, 3.8) is 0 Å². The zero-order valence-electron chi connectivity index (χ0n) is 22.2. The van der Waals surface area contributed by atoms with E-state index in [0.717, 1.165) is 29.9 Å². The SMILES string of the molecule is COc1ccccc1N(C(=O)CN1C(=O)c2ccccc2S1(=O)=O)[C@H](C(=O)NC[C@H]1CCCO1)c1ccc(F)cc1. The number of rotatable bonds is 9. The summed E-state index contributed by atoms with van der Waals surface area (Å²) < 4.78 is 52.0. The number of carbonyl (C=O) groups excluding carboxylic acids is 3. The smallest absolute Gasteiger partial charge is 0.269 e. The van der Waals surface area contributed by atoms with Gasteiger partial charge in [-0.1, -0.05) is 36.4 Å². The number of para-hydroxylation sites is 2. The third-order valence-corrected chi connectivity index (χ3v) is 8.81. The van der Waals surface area contributed by atoms with Crippen molar-refractivity contribution in [2.75, 3.05) is 31.7 Å². The van der Waals surface area contributed by atoms with Gasteiger partial charge >= 0.3 is 0 Å². The molecule has 0 radical (unpaired) electrons. The highest BCUT2D eigenvalue weighted by Crippen LogP contribution is 2.36. The average Bonchev–Trinajstić information content (AvgIpc) is 3.57. The highest BCUT2D eigenvalue weighted by Gasteiger charge is 2.44. The van der Waals surface area contributed by atoms with Crippen LogP contribution in [0.4, 0.5) is 10.1 Å². The number of carbonyl (C=O) groups is 3. The molecular formula is C29H28FN3O7S. The van der Waals surface area contributed by atoms with E-state index in [0.29, 0.717) is 10.9 Å². The molecule has 5 rings (SSSR count). The molecule has 1 fully saturated rings. The van der Waals surface area contributed by atoms with Crippen molar-refractivity contribution >= 4 is 33.4 Å². The molecule has 3 aromatic carbocycles. The van der Waals surface area contributed by atoms with Crippen LogP contribution in [0.5, 0.6) is 5.75 Å². The number of benzene rings is 3. The van der Waals surface area contributed by atoms with E-state index in [1.807, 2.05) is 0 Å². The fourth-order valence-corrected chi connectivity index (χ4v) is 6.53. The summed E-state index contributed by atoms with van der Waals surface area (Å²) in [6.45, 7) is -0.127. The van der Waals surface area contributed by atoms with Crippen LogP contribution in [-0.2, 0) is 24.3 Å². The minimum Gasteiger partial charge on any atom is -0.495 e. The number of halogens is 1. The lowest BCUT2D eigenvalue weighted by Gasteiger charge is -2.33. The van der Waals surface area contributed by atoms with E-state index in [9.17, 15) is 27.2 Å². The molecule has 0 saturated carbocycles. The molecule has 2 aliphatic heterocycles. The fraction of sp³-hybridized carbons (Fsp3) is 0.276. The minimum absolute atomic E-state index is 0.0477. The Morgan fingerprint density at radius 2 is 1.80 bits per heavy atom. The predicted octanol–water partition coefficient (Wildman–Crippen LogP) is 3.05. The molecule has 2 heterocycles. The Labute approximate surface area is 236 Å². The minimum atomic E-state index is -4.32. The summed E-state index contributed by atoms with van der Waals surface area (Å²) in [7, 11) is -2.94. The van der Waals surface area contributed by atoms with Crippen molar-refractivity contribution in [2.24, 2.45) is 0 Å². The fourth-order valence-electron chi connectivity index (χ4n) is 5.01. The normalized spacial score (nSPS) is 18.0. The number of nitrogens with one attached hydrogen (secondary N) is 1. The standard InChI is InChI=1S/C29H28FN3O7S/c1-39-24-10-4-3-9-23(24)33(26(34)18-32-29(36)22-8-2-5-11-25(22)41(32,37)38)27(19-12-14-20(30)15-13-19)28(35)31-17-21-7-6-16-40-21/h2-5,8-15,21,27H,6-7,16-18H2,1H3,(H,31,35)/t21-,27+/m1/s1. The summed E-state index contributed by atoms with van der Waals surface area (Å²) in [5.41, 5.74) is 0.367. The van der Waals surface area contributed by atoms with Gasteiger partial charge < -0.3 is 14.8 Å². The van der Waals surface area contributed by atoms with Crippen LogP contribution in [0.15, 0.2) is 77.7 Å². The number of sulfonamides is 1. The van der Waals surface area contributed by atoms with Crippen LogP contribution < -0.4 is 15.0 Å². The van der Waals surface area contributed by atoms with E-state index in [1.165, 1.54) is 49.6 Å². The molecule has 1 saturated heterocycles. The first-order valence-corrected chi connectivity index (χ1v) is 14.4. The topological polar surface area (TPSA) is 122 Å². The van der Waals surface area contributed by atoms with Crippen molar-refractivity contribution in [2.45, 2.75) is 29.9 Å². The molecule has 1 N–H and O–H groups in total. The largest absolute Gasteiger partial charge is 0.495 e. The molecule has 3 amide bonds. The summed E-state index contributed by atoms with van der Waals surface area (Å²) in [6.07, 6.45) is 1.41. The maximum absolute atomic E-state index is 14.1. The first-order chi connectivity index (χ1) is 19.7. The van der Waals surface area contributed by atoms with Crippen LogP contribution in [0.1, 0.15) is 34.8 Å². The molecule has 10 nitrogen and oxygen atoms in total. The molecule has 214 valence electrons. The van der Waals surface area contributed by atoms with Gasteiger partial charge in [0.1, 0.15) is 29.0 Å². The van der Waals surface area contributed by atoms with E-state index in [4.69, 9.17) is 9.47 Å². The Kier molecular flexibility index (Phi) is 8.04. The van der Waals surface area contributed by atoms with Crippen LogP contribution >= 0.6 is 0 Å². The Morgan fingerprint density at radius 1 is 1.10 bits per heavy atom. The van der Waals surface area contributed by atoms with Crippen molar-refractivity contribution in [3.8, 4) is 5.75 Å². The van der Waals surface area contributed by atoms with Gasteiger partial charge in [0.05, 0.1) is 24.5 Å². The van der Waals surface area contributed by atoms with Crippen LogP contribution in [0.3, 0.4) is 0 Å². The van der Waals surface area contributed by atoms with Gasteiger partial charge in [-0.15, -0.1) is 0 Å². The summed E-state index contributed by atoms with van der Waals surface area (Å²) in [5.74, 6) is -2.66. The monoisotopic (exact) mass is 581 g/mol. The first kappa shape index (κ1) is 28.2. The van der Waals surface area contributed by atoms with E-state index in [-0.39, 0.29) is 40.1 Å². The highest BCUT2D eigenvalue weighted by molar-refractivity contribution is 7.90. The van der Waals surface area contributed by atoms with Crippen molar-refractivity contribution in [3.05, 3.63) is 89.7 Å². The zero-order valence-corrected chi connectivity index (χ0v) is 23.0. The maximum Gasteiger partial charge on any atom is 0.269 e. The zero-order chi connectivity index (χ0) is 29.1. The number of amides is 3. The molecule has 0 aliphatic carbocycles. The molecule has 0 spiro atoms. The lowest BCUT2D eigenvalue weighted by Crippen LogP contribution is -2.49.